The molecule has 0 bridgehead atoms. The third-order valence-electron chi connectivity index (χ3n) is 4.69. The van der Waals surface area contributed by atoms with E-state index >= 15 is 0 Å². The minimum absolute atomic E-state index is 0.0934. The maximum atomic E-state index is 13.2. The van der Waals surface area contributed by atoms with E-state index in [0.717, 1.165) is 0 Å². The Balaban J connectivity index is 1.63. The maximum Gasteiger partial charge on any atom is 0.255 e. The molecular weight excluding hydrogens is 401 g/mol. The molecule has 0 unspecified atom stereocenters. The highest BCUT2D eigenvalue weighted by Gasteiger charge is 2.29. The first-order valence-electron chi connectivity index (χ1n) is 8.42. The third kappa shape index (κ3) is 3.96. The zero-order valence-electron chi connectivity index (χ0n) is 14.4. The molecule has 6 heteroatoms. The summed E-state index contributed by atoms with van der Waals surface area (Å²) in [5, 5.41) is 0. The Morgan fingerprint density at radius 1 is 1.12 bits per heavy atom. The molecule has 136 valence electrons. The molecule has 1 aliphatic heterocycles. The lowest BCUT2D eigenvalue weighted by Gasteiger charge is -2.31. The van der Waals surface area contributed by atoms with Crippen LogP contribution in [0.4, 0.5) is 4.39 Å². The Bertz CT molecular complexity index is 814. The van der Waals surface area contributed by atoms with E-state index in [1.54, 1.807) is 36.3 Å². The van der Waals surface area contributed by atoms with Crippen molar-refractivity contribution in [3.05, 3.63) is 63.9 Å². The predicted octanol–water partition coefficient (Wildman–Crippen LogP) is 4.33. The second kappa shape index (κ2) is 7.99. The summed E-state index contributed by atoms with van der Waals surface area (Å²) in [7, 11) is 1.59. The minimum Gasteiger partial charge on any atom is -0.497 e. The van der Waals surface area contributed by atoms with Crippen molar-refractivity contribution in [2.75, 3.05) is 20.2 Å². The fraction of sp³-hybridized carbons (Fsp3) is 0.300. The molecule has 1 saturated heterocycles. The molecular formula is C20H19BrFNO3. The lowest BCUT2D eigenvalue weighted by atomic mass is 9.88. The van der Waals surface area contributed by atoms with Crippen LogP contribution < -0.4 is 4.74 Å². The van der Waals surface area contributed by atoms with Gasteiger partial charge in [0.15, 0.2) is 5.78 Å². The van der Waals surface area contributed by atoms with Crippen molar-refractivity contribution in [3.8, 4) is 5.75 Å². The van der Waals surface area contributed by atoms with Gasteiger partial charge in [-0.25, -0.2) is 4.39 Å². The van der Waals surface area contributed by atoms with Crippen molar-refractivity contribution in [2.24, 2.45) is 5.92 Å². The molecule has 0 spiro atoms. The summed E-state index contributed by atoms with van der Waals surface area (Å²) in [6, 6.07) is 11.1. The fourth-order valence-electron chi connectivity index (χ4n) is 3.17. The van der Waals surface area contributed by atoms with E-state index in [0.29, 0.717) is 47.3 Å². The number of methoxy groups -OCH3 is 1. The van der Waals surface area contributed by atoms with E-state index in [-0.39, 0.29) is 17.6 Å². The van der Waals surface area contributed by atoms with Crippen LogP contribution in [0.2, 0.25) is 0 Å². The Kier molecular flexibility index (Phi) is 5.71. The van der Waals surface area contributed by atoms with Gasteiger partial charge in [-0.15, -0.1) is 0 Å². The van der Waals surface area contributed by atoms with Gasteiger partial charge in [-0.05, 0) is 71.2 Å². The van der Waals surface area contributed by atoms with Crippen molar-refractivity contribution in [3.63, 3.8) is 0 Å². The first-order valence-corrected chi connectivity index (χ1v) is 9.21. The molecule has 0 saturated carbocycles. The monoisotopic (exact) mass is 419 g/mol. The number of carbonyl (C=O) groups excluding carboxylic acids is 2. The van der Waals surface area contributed by atoms with Gasteiger partial charge < -0.3 is 9.64 Å². The first-order chi connectivity index (χ1) is 12.5. The van der Waals surface area contributed by atoms with Gasteiger partial charge in [-0.2, -0.15) is 0 Å². The standard InChI is InChI=1S/C20H19BrFNO3/c1-26-16-5-2-13(3-6-16)19(24)14-8-10-23(11-9-14)20(25)17-7-4-15(22)12-18(17)21/h2-7,12,14H,8-11H2,1H3. The van der Waals surface area contributed by atoms with Crippen molar-refractivity contribution in [1.29, 1.82) is 0 Å². The number of nitrogens with zero attached hydrogens (tertiary/aromatic N) is 1. The number of rotatable bonds is 4. The summed E-state index contributed by atoms with van der Waals surface area (Å²) in [5.41, 5.74) is 1.10. The lowest BCUT2D eigenvalue weighted by Crippen LogP contribution is -2.40. The topological polar surface area (TPSA) is 46.6 Å². The summed E-state index contributed by atoms with van der Waals surface area (Å²) in [6.45, 7) is 1.02. The van der Waals surface area contributed by atoms with Crippen molar-refractivity contribution in [1.82, 2.24) is 4.90 Å². The summed E-state index contributed by atoms with van der Waals surface area (Å²) in [4.78, 5) is 27.0. The largest absolute Gasteiger partial charge is 0.497 e. The summed E-state index contributed by atoms with van der Waals surface area (Å²) < 4.78 is 18.8. The zero-order chi connectivity index (χ0) is 18.7. The van der Waals surface area contributed by atoms with E-state index in [4.69, 9.17) is 4.74 Å². The van der Waals surface area contributed by atoms with E-state index in [1.807, 2.05) is 0 Å². The molecule has 0 aromatic heterocycles. The van der Waals surface area contributed by atoms with Crippen molar-refractivity contribution in [2.45, 2.75) is 12.8 Å². The van der Waals surface area contributed by atoms with Crippen LogP contribution in [0, 0.1) is 11.7 Å². The number of ketones is 1. The van der Waals surface area contributed by atoms with Crippen LogP contribution in [0.15, 0.2) is 46.9 Å². The average molecular weight is 420 g/mol. The molecule has 0 aliphatic carbocycles. The van der Waals surface area contributed by atoms with Crippen molar-refractivity contribution < 1.29 is 18.7 Å². The highest BCUT2D eigenvalue weighted by atomic mass is 79.9. The number of likely N-dealkylation sites (tertiary alicyclic amines) is 1. The van der Waals surface area contributed by atoms with Crippen LogP contribution in [0.5, 0.6) is 5.75 Å². The van der Waals surface area contributed by atoms with Gasteiger partial charge in [0.1, 0.15) is 11.6 Å². The quantitative estimate of drug-likeness (QED) is 0.692. The Labute approximate surface area is 160 Å². The Morgan fingerprint density at radius 3 is 2.35 bits per heavy atom. The smallest absolute Gasteiger partial charge is 0.255 e. The summed E-state index contributed by atoms with van der Waals surface area (Å²) in [5.74, 6) is 0.183. The van der Waals surface area contributed by atoms with Crippen LogP contribution in [0.1, 0.15) is 33.6 Å². The van der Waals surface area contributed by atoms with Crippen molar-refractivity contribution >= 4 is 27.6 Å². The zero-order valence-corrected chi connectivity index (χ0v) is 16.0. The molecule has 2 aromatic carbocycles. The molecule has 1 amide bonds. The molecule has 1 fully saturated rings. The number of hydrogen-bond donors (Lipinski definition) is 0. The van der Waals surface area contributed by atoms with Gasteiger partial charge in [0, 0.05) is 29.0 Å². The van der Waals surface area contributed by atoms with Gasteiger partial charge in [0.05, 0.1) is 12.7 Å². The number of carbonyl (C=O) groups is 2. The Morgan fingerprint density at radius 2 is 1.77 bits per heavy atom. The van der Waals surface area contributed by atoms with Crippen LogP contribution in [-0.2, 0) is 0 Å². The van der Waals surface area contributed by atoms with Gasteiger partial charge in [0.25, 0.3) is 5.91 Å². The molecule has 26 heavy (non-hydrogen) atoms. The highest BCUT2D eigenvalue weighted by Crippen LogP contribution is 2.26. The number of amides is 1. The van der Waals surface area contributed by atoms with Crippen LogP contribution in [0.25, 0.3) is 0 Å². The number of piperidine rings is 1. The van der Waals surface area contributed by atoms with Gasteiger partial charge >= 0.3 is 0 Å². The number of Topliss-reactive ketones (excluding diaryl/α,β-unsaturated/α-hetero) is 1. The number of benzene rings is 2. The third-order valence-corrected chi connectivity index (χ3v) is 5.35. The predicted molar refractivity (Wildman–Crippen MR) is 100 cm³/mol. The summed E-state index contributed by atoms with van der Waals surface area (Å²) in [6.07, 6.45) is 1.24. The lowest BCUT2D eigenvalue weighted by molar-refractivity contribution is 0.0649. The van der Waals surface area contributed by atoms with Crippen LogP contribution in [-0.4, -0.2) is 36.8 Å². The molecule has 0 N–H and O–H groups in total. The summed E-state index contributed by atoms with van der Waals surface area (Å²) >= 11 is 3.24. The number of halogens is 2. The normalized spacial score (nSPS) is 15.0. The van der Waals surface area contributed by atoms with E-state index in [2.05, 4.69) is 15.9 Å². The average Bonchev–Trinajstić information content (AvgIpc) is 2.67. The molecule has 2 aromatic rings. The Hall–Kier alpha value is -2.21. The number of ether oxygens (including phenoxy) is 1. The van der Waals surface area contributed by atoms with E-state index < -0.39 is 5.82 Å². The molecule has 0 radical (unpaired) electrons. The fourth-order valence-corrected chi connectivity index (χ4v) is 3.69. The number of hydrogen-bond acceptors (Lipinski definition) is 3. The molecule has 1 heterocycles. The molecule has 0 atom stereocenters. The molecule has 3 rings (SSSR count). The second-order valence-electron chi connectivity index (χ2n) is 6.28. The maximum absolute atomic E-state index is 13.2. The first kappa shape index (κ1) is 18.6. The van der Waals surface area contributed by atoms with Crippen LogP contribution >= 0.6 is 15.9 Å². The second-order valence-corrected chi connectivity index (χ2v) is 7.14. The SMILES string of the molecule is COc1ccc(C(=O)C2CCN(C(=O)c3ccc(F)cc3Br)CC2)cc1. The minimum atomic E-state index is -0.391. The highest BCUT2D eigenvalue weighted by molar-refractivity contribution is 9.10. The van der Waals surface area contributed by atoms with E-state index in [9.17, 15) is 14.0 Å². The van der Waals surface area contributed by atoms with Gasteiger partial charge in [-0.1, -0.05) is 0 Å². The van der Waals surface area contributed by atoms with Gasteiger partial charge in [-0.3, -0.25) is 9.59 Å². The van der Waals surface area contributed by atoms with E-state index in [1.165, 1.54) is 18.2 Å². The van der Waals surface area contributed by atoms with Crippen LogP contribution in [0.3, 0.4) is 0 Å². The molecule has 4 nitrogen and oxygen atoms in total. The van der Waals surface area contributed by atoms with Gasteiger partial charge in [0.2, 0.25) is 0 Å². The molecule has 1 aliphatic rings.